The van der Waals surface area contributed by atoms with Crippen LogP contribution in [-0.4, -0.2) is 26.7 Å². The van der Waals surface area contributed by atoms with Crippen LogP contribution in [0.25, 0.3) is 0 Å². The maximum Gasteiger partial charge on any atom is 0.180 e. The topological polar surface area (TPSA) is 63.6 Å². The van der Waals surface area contributed by atoms with Crippen molar-refractivity contribution in [2.75, 3.05) is 11.9 Å². The summed E-state index contributed by atoms with van der Waals surface area (Å²) in [4.78, 5) is 9.44. The van der Waals surface area contributed by atoms with E-state index in [1.165, 1.54) is 11.3 Å². The highest BCUT2D eigenvalue weighted by Gasteiger charge is 2.22. The highest BCUT2D eigenvalue weighted by Crippen LogP contribution is 2.33. The molecule has 0 saturated carbocycles. The highest BCUT2D eigenvalue weighted by molar-refractivity contribution is 8.01. The Balaban J connectivity index is 2.41. The number of hydrogen-bond donors (Lipinski definition) is 1. The van der Waals surface area contributed by atoms with Crippen molar-refractivity contribution < 1.29 is 0 Å². The predicted octanol–water partition coefficient (Wildman–Crippen LogP) is 3.91. The number of anilines is 1. The Morgan fingerprint density at radius 2 is 2.05 bits per heavy atom. The van der Waals surface area contributed by atoms with Gasteiger partial charge in [0.15, 0.2) is 4.34 Å². The van der Waals surface area contributed by atoms with Gasteiger partial charge in [0.25, 0.3) is 0 Å². The third kappa shape index (κ3) is 4.14. The molecule has 2 rings (SSSR count). The van der Waals surface area contributed by atoms with Gasteiger partial charge < -0.3 is 5.32 Å². The largest absolute Gasteiger partial charge is 0.370 e. The molecular weight excluding hydrogens is 302 g/mol. The van der Waals surface area contributed by atoms with Crippen LogP contribution in [0.5, 0.6) is 0 Å². The maximum absolute atomic E-state index is 4.74. The smallest absolute Gasteiger partial charge is 0.180 e. The molecule has 114 valence electrons. The molecule has 2 aromatic heterocycles. The number of aromatic nitrogens is 4. The Morgan fingerprint density at radius 3 is 2.62 bits per heavy atom. The summed E-state index contributed by atoms with van der Waals surface area (Å²) in [5, 5.41) is 12.3. The zero-order valence-electron chi connectivity index (χ0n) is 13.1. The predicted molar refractivity (Wildman–Crippen MR) is 88.3 cm³/mol. The van der Waals surface area contributed by atoms with Crippen molar-refractivity contribution in [3.63, 3.8) is 0 Å². The zero-order valence-corrected chi connectivity index (χ0v) is 14.7. The van der Waals surface area contributed by atoms with Crippen LogP contribution in [0.4, 0.5) is 5.82 Å². The quantitative estimate of drug-likeness (QED) is 0.842. The molecule has 2 aromatic rings. The Bertz CT molecular complexity index is 590. The van der Waals surface area contributed by atoms with Gasteiger partial charge in [-0.05, 0) is 25.1 Å². The van der Waals surface area contributed by atoms with Crippen molar-refractivity contribution >= 4 is 28.9 Å². The molecule has 0 bridgehead atoms. The van der Waals surface area contributed by atoms with E-state index in [-0.39, 0.29) is 5.41 Å². The molecule has 2 heterocycles. The maximum atomic E-state index is 4.74. The zero-order chi connectivity index (χ0) is 15.5. The molecule has 21 heavy (non-hydrogen) atoms. The van der Waals surface area contributed by atoms with E-state index in [4.69, 9.17) is 9.97 Å². The van der Waals surface area contributed by atoms with Crippen LogP contribution in [-0.2, 0) is 5.41 Å². The van der Waals surface area contributed by atoms with Crippen molar-refractivity contribution in [1.82, 2.24) is 20.2 Å². The number of hydrogen-bond acceptors (Lipinski definition) is 7. The minimum atomic E-state index is -0.0905. The van der Waals surface area contributed by atoms with E-state index in [2.05, 4.69) is 43.2 Å². The first-order chi connectivity index (χ1) is 9.91. The first-order valence-electron chi connectivity index (χ1n) is 6.98. The molecule has 0 fully saturated rings. The average Bonchev–Trinajstić information content (AvgIpc) is 2.91. The standard InChI is InChI=1S/C14H21N5S2/c1-6-7-15-10-9(2)11(21-13-19-16-8-20-13)18-12(17-10)14(3,4)5/h8H,6-7H2,1-5H3,(H,15,17,18). The molecule has 0 atom stereocenters. The van der Waals surface area contributed by atoms with Crippen molar-refractivity contribution in [2.24, 2.45) is 0 Å². The fourth-order valence-corrected chi connectivity index (χ4v) is 3.11. The molecule has 1 N–H and O–H groups in total. The van der Waals surface area contributed by atoms with Crippen LogP contribution in [0.1, 0.15) is 45.5 Å². The van der Waals surface area contributed by atoms with Gasteiger partial charge in [0.05, 0.1) is 0 Å². The van der Waals surface area contributed by atoms with Crippen molar-refractivity contribution in [3.05, 3.63) is 16.9 Å². The third-order valence-corrected chi connectivity index (χ3v) is 4.71. The molecule has 5 nitrogen and oxygen atoms in total. The summed E-state index contributed by atoms with van der Waals surface area (Å²) in [5.41, 5.74) is 2.71. The normalized spacial score (nSPS) is 11.7. The van der Waals surface area contributed by atoms with E-state index in [9.17, 15) is 0 Å². The lowest BCUT2D eigenvalue weighted by Crippen LogP contribution is -2.19. The van der Waals surface area contributed by atoms with Crippen LogP contribution < -0.4 is 5.32 Å². The Hall–Kier alpha value is -1.21. The fourth-order valence-electron chi connectivity index (χ4n) is 1.64. The summed E-state index contributed by atoms with van der Waals surface area (Å²) >= 11 is 3.08. The fraction of sp³-hybridized carbons (Fsp3) is 0.571. The second-order valence-electron chi connectivity index (χ2n) is 5.81. The first-order valence-corrected chi connectivity index (χ1v) is 8.68. The summed E-state index contributed by atoms with van der Waals surface area (Å²) in [6.45, 7) is 11.5. The monoisotopic (exact) mass is 323 g/mol. The van der Waals surface area contributed by atoms with E-state index < -0.39 is 0 Å². The van der Waals surface area contributed by atoms with Gasteiger partial charge >= 0.3 is 0 Å². The van der Waals surface area contributed by atoms with Gasteiger partial charge in [-0.25, -0.2) is 9.97 Å². The van der Waals surface area contributed by atoms with E-state index in [1.54, 1.807) is 17.3 Å². The van der Waals surface area contributed by atoms with Crippen molar-refractivity contribution in [1.29, 1.82) is 0 Å². The Kier molecular flexibility index (Phi) is 5.16. The van der Waals surface area contributed by atoms with Gasteiger partial charge in [0.2, 0.25) is 0 Å². The lowest BCUT2D eigenvalue weighted by molar-refractivity contribution is 0.538. The van der Waals surface area contributed by atoms with E-state index in [0.717, 1.165) is 39.5 Å². The first kappa shape index (κ1) is 16.2. The van der Waals surface area contributed by atoms with E-state index in [1.807, 2.05) is 6.92 Å². The Labute approximate surface area is 134 Å². The van der Waals surface area contributed by atoms with Crippen molar-refractivity contribution in [3.8, 4) is 0 Å². The minimum absolute atomic E-state index is 0.0905. The van der Waals surface area contributed by atoms with Gasteiger partial charge in [-0.1, -0.05) is 39.0 Å². The molecule has 0 amide bonds. The van der Waals surface area contributed by atoms with Crippen LogP contribution in [0, 0.1) is 6.92 Å². The van der Waals surface area contributed by atoms with E-state index >= 15 is 0 Å². The summed E-state index contributed by atoms with van der Waals surface area (Å²) in [6, 6.07) is 0. The molecule has 0 aromatic carbocycles. The second-order valence-corrected chi connectivity index (χ2v) is 7.88. The molecule has 0 saturated heterocycles. The molecular formula is C14H21N5S2. The van der Waals surface area contributed by atoms with Crippen LogP contribution in [0.3, 0.4) is 0 Å². The summed E-state index contributed by atoms with van der Waals surface area (Å²) < 4.78 is 0.901. The number of rotatable bonds is 5. The molecule has 0 aliphatic carbocycles. The molecule has 0 aliphatic heterocycles. The number of nitrogens with one attached hydrogen (secondary N) is 1. The second kappa shape index (κ2) is 6.70. The van der Waals surface area contributed by atoms with Gasteiger partial charge in [-0.2, -0.15) is 0 Å². The van der Waals surface area contributed by atoms with Gasteiger partial charge in [-0.15, -0.1) is 10.2 Å². The third-order valence-electron chi connectivity index (χ3n) is 2.84. The van der Waals surface area contributed by atoms with E-state index in [0.29, 0.717) is 0 Å². The van der Waals surface area contributed by atoms with Crippen LogP contribution in [0.2, 0.25) is 0 Å². The molecule has 7 heteroatoms. The molecule has 0 spiro atoms. The minimum Gasteiger partial charge on any atom is -0.370 e. The summed E-state index contributed by atoms with van der Waals surface area (Å²) in [5.74, 6) is 1.77. The van der Waals surface area contributed by atoms with Gasteiger partial charge in [0.1, 0.15) is 22.2 Å². The lowest BCUT2D eigenvalue weighted by Gasteiger charge is -2.20. The molecule has 0 aliphatic rings. The molecule has 0 unspecified atom stereocenters. The van der Waals surface area contributed by atoms with Gasteiger partial charge in [0, 0.05) is 17.5 Å². The van der Waals surface area contributed by atoms with Crippen LogP contribution in [0.15, 0.2) is 14.9 Å². The summed E-state index contributed by atoms with van der Waals surface area (Å²) in [6.07, 6.45) is 1.06. The lowest BCUT2D eigenvalue weighted by atomic mass is 9.95. The number of nitrogens with zero attached hydrogens (tertiary/aromatic N) is 4. The van der Waals surface area contributed by atoms with Crippen molar-refractivity contribution in [2.45, 2.75) is 55.8 Å². The average molecular weight is 323 g/mol. The molecule has 0 radical (unpaired) electrons. The SMILES string of the molecule is CCCNc1nc(C(C)(C)C)nc(Sc2nncs2)c1C. The summed E-state index contributed by atoms with van der Waals surface area (Å²) in [7, 11) is 0. The Morgan fingerprint density at radius 1 is 1.29 bits per heavy atom. The highest BCUT2D eigenvalue weighted by atomic mass is 32.2. The van der Waals surface area contributed by atoms with Crippen LogP contribution >= 0.6 is 23.1 Å². The van der Waals surface area contributed by atoms with Gasteiger partial charge in [-0.3, -0.25) is 0 Å².